The van der Waals surface area contributed by atoms with E-state index in [1.807, 2.05) is 0 Å². The summed E-state index contributed by atoms with van der Waals surface area (Å²) in [7, 11) is 0. The first-order valence-electron chi connectivity index (χ1n) is 19.7. The van der Waals surface area contributed by atoms with Gasteiger partial charge in [-0.05, 0) is 51.4 Å². The van der Waals surface area contributed by atoms with Crippen molar-refractivity contribution in [2.24, 2.45) is 0 Å². The molecule has 1 aliphatic heterocycles. The lowest BCUT2D eigenvalue weighted by atomic mass is 9.99. The molecular formula is C41H70O10. The van der Waals surface area contributed by atoms with Gasteiger partial charge in [0.05, 0.1) is 13.2 Å². The average Bonchev–Trinajstić information content (AvgIpc) is 3.12. The first kappa shape index (κ1) is 46.7. The maximum absolute atomic E-state index is 12.7. The summed E-state index contributed by atoms with van der Waals surface area (Å²) in [6.07, 6.45) is 28.8. The third-order valence-corrected chi connectivity index (χ3v) is 8.73. The molecule has 1 fully saturated rings. The highest BCUT2D eigenvalue weighted by Gasteiger charge is 2.44. The van der Waals surface area contributed by atoms with Crippen molar-refractivity contribution in [3.63, 3.8) is 0 Å². The highest BCUT2D eigenvalue weighted by atomic mass is 16.7. The molecule has 0 amide bonds. The molecule has 4 N–H and O–H groups in total. The van der Waals surface area contributed by atoms with Gasteiger partial charge in [-0.2, -0.15) is 0 Å². The van der Waals surface area contributed by atoms with Crippen LogP contribution in [0.4, 0.5) is 0 Å². The predicted molar refractivity (Wildman–Crippen MR) is 201 cm³/mol. The Kier molecular flexibility index (Phi) is 29.6. The monoisotopic (exact) mass is 722 g/mol. The molecule has 0 aromatic rings. The minimum atomic E-state index is -1.59. The summed E-state index contributed by atoms with van der Waals surface area (Å²) >= 11 is 0. The first-order valence-corrected chi connectivity index (χ1v) is 19.7. The molecule has 0 aliphatic carbocycles. The van der Waals surface area contributed by atoms with Gasteiger partial charge < -0.3 is 39.4 Å². The van der Waals surface area contributed by atoms with Crippen molar-refractivity contribution in [1.29, 1.82) is 0 Å². The molecule has 294 valence electrons. The lowest BCUT2D eigenvalue weighted by Gasteiger charge is -2.39. The maximum Gasteiger partial charge on any atom is 0.306 e. The van der Waals surface area contributed by atoms with Gasteiger partial charge in [0.25, 0.3) is 0 Å². The van der Waals surface area contributed by atoms with Crippen LogP contribution in [0.2, 0.25) is 0 Å². The van der Waals surface area contributed by atoms with Gasteiger partial charge in [-0.3, -0.25) is 9.59 Å². The summed E-state index contributed by atoms with van der Waals surface area (Å²) in [6, 6.07) is 0. The van der Waals surface area contributed by atoms with E-state index in [0.29, 0.717) is 6.42 Å². The summed E-state index contributed by atoms with van der Waals surface area (Å²) in [6.45, 7) is 3.18. The Morgan fingerprint density at radius 1 is 0.627 bits per heavy atom. The molecular weight excluding hydrogens is 652 g/mol. The quantitative estimate of drug-likeness (QED) is 0.0325. The van der Waals surface area contributed by atoms with Gasteiger partial charge in [0.2, 0.25) is 0 Å². The normalized spacial score (nSPS) is 21.7. The molecule has 1 rings (SSSR count). The Morgan fingerprint density at radius 3 is 1.75 bits per heavy atom. The summed E-state index contributed by atoms with van der Waals surface area (Å²) < 4.78 is 21.9. The summed E-state index contributed by atoms with van der Waals surface area (Å²) in [5.74, 6) is -0.834. The van der Waals surface area contributed by atoms with Gasteiger partial charge in [0.15, 0.2) is 12.4 Å². The molecule has 0 aromatic heterocycles. The Labute approximate surface area is 308 Å². The highest BCUT2D eigenvalue weighted by molar-refractivity contribution is 5.70. The van der Waals surface area contributed by atoms with Crippen LogP contribution in [0.1, 0.15) is 142 Å². The number of unbranched alkanes of at least 4 members (excludes halogenated alkanes) is 12. The SMILES string of the molecule is CC/C=C\C/C=C\C/C=C\C/C=C\CCCCCCCCCCC(=O)OC(COC(=O)CCCCCCC)COC1OC(CO)C(O)C(O)C1O. The number of aliphatic hydroxyl groups is 4. The van der Waals surface area contributed by atoms with Crippen LogP contribution in [0.3, 0.4) is 0 Å². The minimum absolute atomic E-state index is 0.219. The smallest absolute Gasteiger partial charge is 0.306 e. The minimum Gasteiger partial charge on any atom is -0.462 e. The molecule has 10 heteroatoms. The summed E-state index contributed by atoms with van der Waals surface area (Å²) in [5.41, 5.74) is 0. The number of allylic oxidation sites excluding steroid dienone is 8. The van der Waals surface area contributed by atoms with Crippen molar-refractivity contribution in [2.45, 2.75) is 179 Å². The number of hydrogen-bond donors (Lipinski definition) is 4. The second kappa shape index (κ2) is 32.3. The van der Waals surface area contributed by atoms with Gasteiger partial charge in [0, 0.05) is 12.8 Å². The molecule has 6 atom stereocenters. The Morgan fingerprint density at radius 2 is 1.16 bits per heavy atom. The van der Waals surface area contributed by atoms with Crippen LogP contribution in [0.25, 0.3) is 0 Å². The number of esters is 2. The molecule has 1 aliphatic rings. The van der Waals surface area contributed by atoms with Crippen molar-refractivity contribution in [3.05, 3.63) is 48.6 Å². The first-order chi connectivity index (χ1) is 24.8. The number of rotatable bonds is 31. The van der Waals surface area contributed by atoms with Gasteiger partial charge in [-0.25, -0.2) is 0 Å². The second-order valence-corrected chi connectivity index (χ2v) is 13.4. The predicted octanol–water partition coefficient (Wildman–Crippen LogP) is 7.32. The number of carbonyl (C=O) groups excluding carboxylic acids is 2. The van der Waals surface area contributed by atoms with Crippen LogP contribution in [-0.4, -0.2) is 89.0 Å². The zero-order valence-electron chi connectivity index (χ0n) is 31.6. The van der Waals surface area contributed by atoms with E-state index in [1.54, 1.807) is 0 Å². The van der Waals surface area contributed by atoms with Gasteiger partial charge in [0.1, 0.15) is 31.0 Å². The zero-order valence-corrected chi connectivity index (χ0v) is 31.6. The Bertz CT molecular complexity index is 975. The maximum atomic E-state index is 12.7. The lowest BCUT2D eigenvalue weighted by molar-refractivity contribution is -0.305. The molecule has 51 heavy (non-hydrogen) atoms. The van der Waals surface area contributed by atoms with Crippen LogP contribution in [0, 0.1) is 0 Å². The second-order valence-electron chi connectivity index (χ2n) is 13.4. The van der Waals surface area contributed by atoms with E-state index in [4.69, 9.17) is 18.9 Å². The molecule has 0 bridgehead atoms. The third kappa shape index (κ3) is 24.5. The van der Waals surface area contributed by atoms with E-state index in [0.717, 1.165) is 83.5 Å². The fourth-order valence-electron chi connectivity index (χ4n) is 5.59. The van der Waals surface area contributed by atoms with E-state index in [9.17, 15) is 30.0 Å². The molecule has 0 saturated carbocycles. The van der Waals surface area contributed by atoms with E-state index in [-0.39, 0.29) is 26.1 Å². The fraction of sp³-hybridized carbons (Fsp3) is 0.756. The molecule has 0 spiro atoms. The Balaban J connectivity index is 2.28. The summed E-state index contributed by atoms with van der Waals surface area (Å²) in [5, 5.41) is 39.8. The number of hydrogen-bond acceptors (Lipinski definition) is 10. The largest absolute Gasteiger partial charge is 0.462 e. The molecule has 0 radical (unpaired) electrons. The van der Waals surface area contributed by atoms with Crippen molar-refractivity contribution in [1.82, 2.24) is 0 Å². The molecule has 0 aromatic carbocycles. The van der Waals surface area contributed by atoms with Crippen LogP contribution in [0.15, 0.2) is 48.6 Å². The van der Waals surface area contributed by atoms with E-state index < -0.39 is 55.4 Å². The van der Waals surface area contributed by atoms with Crippen LogP contribution in [-0.2, 0) is 28.5 Å². The van der Waals surface area contributed by atoms with Crippen molar-refractivity contribution in [3.8, 4) is 0 Å². The van der Waals surface area contributed by atoms with E-state index in [2.05, 4.69) is 62.5 Å². The van der Waals surface area contributed by atoms with Gasteiger partial charge >= 0.3 is 11.9 Å². The molecule has 1 saturated heterocycles. The van der Waals surface area contributed by atoms with Crippen molar-refractivity contribution >= 4 is 11.9 Å². The van der Waals surface area contributed by atoms with Crippen molar-refractivity contribution in [2.75, 3.05) is 19.8 Å². The fourth-order valence-corrected chi connectivity index (χ4v) is 5.59. The van der Waals surface area contributed by atoms with Crippen LogP contribution >= 0.6 is 0 Å². The topological polar surface area (TPSA) is 152 Å². The highest BCUT2D eigenvalue weighted by Crippen LogP contribution is 2.22. The zero-order chi connectivity index (χ0) is 37.4. The molecule has 10 nitrogen and oxygen atoms in total. The van der Waals surface area contributed by atoms with Gasteiger partial charge in [-0.15, -0.1) is 0 Å². The molecule has 6 unspecified atom stereocenters. The number of ether oxygens (including phenoxy) is 4. The summed E-state index contributed by atoms with van der Waals surface area (Å²) in [4.78, 5) is 25.0. The van der Waals surface area contributed by atoms with Crippen LogP contribution in [0.5, 0.6) is 0 Å². The average molecular weight is 723 g/mol. The number of carbonyl (C=O) groups is 2. The molecule has 1 heterocycles. The third-order valence-electron chi connectivity index (χ3n) is 8.73. The number of aliphatic hydroxyl groups excluding tert-OH is 4. The van der Waals surface area contributed by atoms with E-state index in [1.165, 1.54) is 25.7 Å². The van der Waals surface area contributed by atoms with E-state index >= 15 is 0 Å². The Hall–Kier alpha value is -2.34. The van der Waals surface area contributed by atoms with Crippen molar-refractivity contribution < 1.29 is 49.0 Å². The van der Waals surface area contributed by atoms with Gasteiger partial charge in [-0.1, -0.05) is 127 Å². The standard InChI is InChI=1S/C41H70O10/c1-3-5-7-9-10-11-12-13-14-15-16-17-18-19-20-21-22-23-24-26-28-30-37(44)50-34(32-48-36(43)29-27-25-8-6-4-2)33-49-41-40(47)39(46)38(45)35(31-42)51-41/h5,7,10-11,13-14,16-17,34-35,38-42,45-47H,3-4,6,8-9,12,15,18-33H2,1-2H3/b7-5-,11-10-,14-13-,17-16-. The lowest BCUT2D eigenvalue weighted by Crippen LogP contribution is -2.59. The van der Waals surface area contributed by atoms with Crippen LogP contribution < -0.4 is 0 Å².